The van der Waals surface area contributed by atoms with Gasteiger partial charge in [0.1, 0.15) is 5.75 Å². The molecule has 0 fully saturated rings. The van der Waals surface area contributed by atoms with Gasteiger partial charge in [-0.3, -0.25) is 0 Å². The van der Waals surface area contributed by atoms with Crippen LogP contribution in [0.2, 0.25) is 0 Å². The van der Waals surface area contributed by atoms with E-state index in [2.05, 4.69) is 71.8 Å². The van der Waals surface area contributed by atoms with Crippen molar-refractivity contribution in [2.24, 2.45) is 0 Å². The van der Waals surface area contributed by atoms with Crippen LogP contribution in [0.4, 0.5) is 0 Å². The molecule has 126 valence electrons. The Morgan fingerprint density at radius 3 is 2.64 bits per heavy atom. The molecule has 0 saturated heterocycles. The van der Waals surface area contributed by atoms with E-state index < -0.39 is 0 Å². The summed E-state index contributed by atoms with van der Waals surface area (Å²) in [6.45, 7) is 2.99. The van der Waals surface area contributed by atoms with Gasteiger partial charge >= 0.3 is 0 Å². The normalized spacial score (nSPS) is 12.6. The summed E-state index contributed by atoms with van der Waals surface area (Å²) in [5.41, 5.74) is 3.59. The molecular formula is C22H22N2O. The van der Waals surface area contributed by atoms with Gasteiger partial charge in [0, 0.05) is 29.2 Å². The van der Waals surface area contributed by atoms with Crippen molar-refractivity contribution in [3.63, 3.8) is 0 Å². The van der Waals surface area contributed by atoms with Crippen molar-refractivity contribution in [2.45, 2.75) is 19.5 Å². The molecule has 1 aromatic heterocycles. The monoisotopic (exact) mass is 330 g/mol. The summed E-state index contributed by atoms with van der Waals surface area (Å²) in [5.74, 6) is 0.905. The van der Waals surface area contributed by atoms with Crippen LogP contribution in [0.3, 0.4) is 0 Å². The second-order valence-corrected chi connectivity index (χ2v) is 6.39. The molecule has 0 radical (unpaired) electrons. The zero-order valence-corrected chi connectivity index (χ0v) is 14.5. The molecule has 0 aliphatic carbocycles. The Balaban J connectivity index is 1.56. The highest BCUT2D eigenvalue weighted by Crippen LogP contribution is 2.27. The van der Waals surface area contributed by atoms with E-state index >= 15 is 0 Å². The van der Waals surface area contributed by atoms with Gasteiger partial charge in [-0.1, -0.05) is 48.5 Å². The Morgan fingerprint density at radius 2 is 1.76 bits per heavy atom. The first-order valence-electron chi connectivity index (χ1n) is 8.62. The van der Waals surface area contributed by atoms with Crippen LogP contribution < -0.4 is 10.1 Å². The highest BCUT2D eigenvalue weighted by atomic mass is 16.5. The Bertz CT molecular complexity index is 1010. The molecule has 0 aliphatic rings. The molecule has 0 amide bonds. The average Bonchev–Trinajstić information content (AvgIpc) is 3.08. The molecule has 0 bridgehead atoms. The molecule has 1 heterocycles. The van der Waals surface area contributed by atoms with Gasteiger partial charge in [-0.2, -0.15) is 0 Å². The minimum absolute atomic E-state index is 0.263. The molecule has 1 atom stereocenters. The summed E-state index contributed by atoms with van der Waals surface area (Å²) in [6.07, 6.45) is 0. The van der Waals surface area contributed by atoms with Crippen molar-refractivity contribution in [1.29, 1.82) is 0 Å². The van der Waals surface area contributed by atoms with Crippen LogP contribution in [-0.2, 0) is 6.54 Å². The van der Waals surface area contributed by atoms with Crippen molar-refractivity contribution in [2.75, 3.05) is 7.11 Å². The second-order valence-electron chi connectivity index (χ2n) is 6.39. The average molecular weight is 330 g/mol. The summed E-state index contributed by atoms with van der Waals surface area (Å²) in [6, 6.07) is 23.5. The molecule has 3 nitrogen and oxygen atoms in total. The van der Waals surface area contributed by atoms with Gasteiger partial charge in [0.05, 0.1) is 7.11 Å². The molecule has 0 spiro atoms. The van der Waals surface area contributed by atoms with Gasteiger partial charge < -0.3 is 15.0 Å². The summed E-state index contributed by atoms with van der Waals surface area (Å²) in [5, 5.41) is 7.35. The van der Waals surface area contributed by atoms with Crippen LogP contribution in [0.5, 0.6) is 5.75 Å². The quantitative estimate of drug-likeness (QED) is 0.529. The molecule has 4 aromatic rings. The van der Waals surface area contributed by atoms with Crippen molar-refractivity contribution < 1.29 is 4.74 Å². The van der Waals surface area contributed by atoms with Crippen molar-refractivity contribution >= 4 is 21.7 Å². The van der Waals surface area contributed by atoms with Crippen LogP contribution >= 0.6 is 0 Å². The van der Waals surface area contributed by atoms with E-state index in [-0.39, 0.29) is 6.04 Å². The van der Waals surface area contributed by atoms with Crippen molar-refractivity contribution in [1.82, 2.24) is 10.3 Å². The fourth-order valence-electron chi connectivity index (χ4n) is 3.46. The summed E-state index contributed by atoms with van der Waals surface area (Å²) in [7, 11) is 1.71. The van der Waals surface area contributed by atoms with Gasteiger partial charge in [-0.05, 0) is 41.5 Å². The van der Waals surface area contributed by atoms with Crippen molar-refractivity contribution in [3.05, 3.63) is 78.0 Å². The maximum absolute atomic E-state index is 5.44. The van der Waals surface area contributed by atoms with Gasteiger partial charge in [0.15, 0.2) is 0 Å². The smallest absolute Gasteiger partial charge is 0.128 e. The number of fused-ring (bicyclic) bond motifs is 2. The van der Waals surface area contributed by atoms with Crippen LogP contribution in [0.25, 0.3) is 21.7 Å². The fraction of sp³-hybridized carbons (Fsp3) is 0.182. The van der Waals surface area contributed by atoms with Crippen molar-refractivity contribution in [3.8, 4) is 5.75 Å². The van der Waals surface area contributed by atoms with Crippen LogP contribution in [-0.4, -0.2) is 12.1 Å². The number of aromatic amines is 1. The van der Waals surface area contributed by atoms with E-state index in [0.29, 0.717) is 0 Å². The third-order valence-electron chi connectivity index (χ3n) is 4.79. The highest BCUT2D eigenvalue weighted by Gasteiger charge is 2.10. The molecule has 0 aliphatic heterocycles. The first-order chi connectivity index (χ1) is 12.3. The fourth-order valence-corrected chi connectivity index (χ4v) is 3.46. The van der Waals surface area contributed by atoms with E-state index in [1.54, 1.807) is 7.11 Å². The standard InChI is InChI=1S/C22H22N2O/c1-15(18-10-5-8-16-7-3-4-9-19(16)18)23-14-17-13-20-21(24-17)11-6-12-22(20)25-2/h3-13,15,23-24H,14H2,1-2H3/t15-/m1/s1. The van der Waals surface area contributed by atoms with Crippen LogP contribution in [0, 0.1) is 0 Å². The summed E-state index contributed by atoms with van der Waals surface area (Å²) < 4.78 is 5.44. The SMILES string of the molecule is COc1cccc2[nH]c(CN[C@H](C)c3cccc4ccccc34)cc12. The lowest BCUT2D eigenvalue weighted by atomic mass is 10.00. The maximum atomic E-state index is 5.44. The van der Waals surface area contributed by atoms with Crippen LogP contribution in [0.15, 0.2) is 66.7 Å². The third kappa shape index (κ3) is 2.99. The Hall–Kier alpha value is -2.78. The second kappa shape index (κ2) is 6.61. The zero-order valence-electron chi connectivity index (χ0n) is 14.5. The number of aromatic nitrogens is 1. The highest BCUT2D eigenvalue weighted by molar-refractivity contribution is 5.87. The predicted octanol–water partition coefficient (Wildman–Crippen LogP) is 5.18. The van der Waals surface area contributed by atoms with Gasteiger partial charge in [0.2, 0.25) is 0 Å². The number of rotatable bonds is 5. The lowest BCUT2D eigenvalue weighted by Gasteiger charge is -2.16. The topological polar surface area (TPSA) is 37.0 Å². The first-order valence-corrected chi connectivity index (χ1v) is 8.62. The Labute approximate surface area is 147 Å². The molecule has 2 N–H and O–H groups in total. The molecule has 3 aromatic carbocycles. The number of methoxy groups -OCH3 is 1. The number of benzene rings is 3. The minimum atomic E-state index is 0.263. The largest absolute Gasteiger partial charge is 0.496 e. The lowest BCUT2D eigenvalue weighted by Crippen LogP contribution is -2.18. The number of H-pyrrole nitrogens is 1. The first kappa shape index (κ1) is 15.7. The van der Waals surface area contributed by atoms with E-state index in [0.717, 1.165) is 28.9 Å². The van der Waals surface area contributed by atoms with Gasteiger partial charge in [-0.15, -0.1) is 0 Å². The number of hydrogen-bond donors (Lipinski definition) is 2. The molecule has 0 saturated carbocycles. The van der Waals surface area contributed by atoms with Gasteiger partial charge in [0.25, 0.3) is 0 Å². The molecule has 4 rings (SSSR count). The predicted molar refractivity (Wildman–Crippen MR) is 104 cm³/mol. The number of ether oxygens (including phenoxy) is 1. The van der Waals surface area contributed by atoms with E-state index in [9.17, 15) is 0 Å². The minimum Gasteiger partial charge on any atom is -0.496 e. The number of hydrogen-bond acceptors (Lipinski definition) is 2. The van der Waals surface area contributed by atoms with E-state index in [4.69, 9.17) is 4.74 Å². The molecule has 25 heavy (non-hydrogen) atoms. The lowest BCUT2D eigenvalue weighted by molar-refractivity contribution is 0.420. The Kier molecular flexibility index (Phi) is 4.16. The zero-order chi connectivity index (χ0) is 17.2. The summed E-state index contributed by atoms with van der Waals surface area (Å²) in [4.78, 5) is 3.47. The maximum Gasteiger partial charge on any atom is 0.128 e. The van der Waals surface area contributed by atoms with Gasteiger partial charge in [-0.25, -0.2) is 0 Å². The third-order valence-corrected chi connectivity index (χ3v) is 4.79. The number of nitrogens with one attached hydrogen (secondary N) is 2. The molecule has 3 heteroatoms. The van der Waals surface area contributed by atoms with E-state index in [1.807, 2.05) is 12.1 Å². The molecule has 0 unspecified atom stereocenters. The molecular weight excluding hydrogens is 308 g/mol. The van der Waals surface area contributed by atoms with E-state index in [1.165, 1.54) is 16.3 Å². The van der Waals surface area contributed by atoms with Crippen LogP contribution in [0.1, 0.15) is 24.2 Å². The Morgan fingerprint density at radius 1 is 0.960 bits per heavy atom. The summed E-state index contributed by atoms with van der Waals surface area (Å²) >= 11 is 0.